The summed E-state index contributed by atoms with van der Waals surface area (Å²) in [6.07, 6.45) is 1.12. The van der Waals surface area contributed by atoms with E-state index >= 15 is 0 Å². The normalized spacial score (nSPS) is 13.6. The van der Waals surface area contributed by atoms with Crippen LogP contribution in [-0.4, -0.2) is 57.2 Å². The molecule has 2 aromatic carbocycles. The Hall–Kier alpha value is -4.34. The molecule has 10 nitrogen and oxygen atoms in total. The molecule has 4 rings (SSSR count). The van der Waals surface area contributed by atoms with Gasteiger partial charge in [-0.2, -0.15) is 0 Å². The SMILES string of the molecule is CC(C(=O)N(C)CCCc1cc(-c2ccccc2)no1)N1C(=O)c2cccc([N+](=O)[O-])c2C1=O. The van der Waals surface area contributed by atoms with Gasteiger partial charge in [-0.3, -0.25) is 29.4 Å². The van der Waals surface area contributed by atoms with Crippen molar-refractivity contribution in [1.82, 2.24) is 15.0 Å². The highest BCUT2D eigenvalue weighted by Crippen LogP contribution is 2.32. The number of aromatic nitrogens is 1. The van der Waals surface area contributed by atoms with Gasteiger partial charge in [0, 0.05) is 37.7 Å². The van der Waals surface area contributed by atoms with Gasteiger partial charge >= 0.3 is 0 Å². The minimum absolute atomic E-state index is 0.0685. The van der Waals surface area contributed by atoms with E-state index in [2.05, 4.69) is 5.16 Å². The van der Waals surface area contributed by atoms with E-state index in [9.17, 15) is 24.5 Å². The summed E-state index contributed by atoms with van der Waals surface area (Å²) in [7, 11) is 1.58. The highest BCUT2D eigenvalue weighted by Gasteiger charge is 2.45. The van der Waals surface area contributed by atoms with Gasteiger partial charge in [0.1, 0.15) is 23.1 Å². The molecule has 1 atom stereocenters. The monoisotopic (exact) mass is 462 g/mol. The number of nitro groups is 1. The molecule has 0 aliphatic carbocycles. The van der Waals surface area contributed by atoms with E-state index in [4.69, 9.17) is 4.52 Å². The van der Waals surface area contributed by atoms with Gasteiger partial charge in [0.15, 0.2) is 0 Å². The smallest absolute Gasteiger partial charge is 0.282 e. The number of nitrogens with zero attached hydrogens (tertiary/aromatic N) is 4. The van der Waals surface area contributed by atoms with Crippen LogP contribution in [-0.2, 0) is 11.2 Å². The van der Waals surface area contributed by atoms with Crippen LogP contribution >= 0.6 is 0 Å². The summed E-state index contributed by atoms with van der Waals surface area (Å²) in [5.74, 6) is -1.31. The number of nitro benzene ring substituents is 1. The average molecular weight is 462 g/mol. The van der Waals surface area contributed by atoms with Crippen molar-refractivity contribution in [3.8, 4) is 11.3 Å². The van der Waals surface area contributed by atoms with Crippen LogP contribution in [0, 0.1) is 10.1 Å². The van der Waals surface area contributed by atoms with E-state index in [1.807, 2.05) is 36.4 Å². The molecule has 0 N–H and O–H groups in total. The van der Waals surface area contributed by atoms with Crippen molar-refractivity contribution in [2.75, 3.05) is 13.6 Å². The Balaban J connectivity index is 1.37. The second-order valence-electron chi connectivity index (χ2n) is 8.02. The molecule has 1 aromatic heterocycles. The number of fused-ring (bicyclic) bond motifs is 1. The third-order valence-electron chi connectivity index (χ3n) is 5.79. The highest BCUT2D eigenvalue weighted by molar-refractivity contribution is 6.24. The summed E-state index contributed by atoms with van der Waals surface area (Å²) >= 11 is 0. The molecule has 1 aliphatic rings. The molecule has 1 unspecified atom stereocenters. The van der Waals surface area contributed by atoms with Gasteiger partial charge < -0.3 is 9.42 Å². The van der Waals surface area contributed by atoms with Crippen LogP contribution < -0.4 is 0 Å². The zero-order valence-corrected chi connectivity index (χ0v) is 18.6. The predicted octanol–water partition coefficient (Wildman–Crippen LogP) is 3.33. The number of hydrogen-bond acceptors (Lipinski definition) is 7. The third kappa shape index (κ3) is 4.17. The summed E-state index contributed by atoms with van der Waals surface area (Å²) in [6, 6.07) is 14.2. The summed E-state index contributed by atoms with van der Waals surface area (Å²) in [5, 5.41) is 15.4. The molecule has 0 spiro atoms. The van der Waals surface area contributed by atoms with Crippen molar-refractivity contribution in [3.05, 3.63) is 81.6 Å². The summed E-state index contributed by atoms with van der Waals surface area (Å²) in [4.78, 5) is 51.3. The number of benzene rings is 2. The number of aryl methyl sites for hydroxylation is 1. The molecule has 3 amide bonds. The van der Waals surface area contributed by atoms with Crippen molar-refractivity contribution in [2.24, 2.45) is 0 Å². The maximum Gasteiger partial charge on any atom is 0.282 e. The first-order valence-electron chi connectivity index (χ1n) is 10.7. The molecule has 1 aliphatic heterocycles. The minimum atomic E-state index is -1.10. The molecule has 0 bridgehead atoms. The third-order valence-corrected chi connectivity index (χ3v) is 5.79. The summed E-state index contributed by atoms with van der Waals surface area (Å²) in [6.45, 7) is 1.79. The lowest BCUT2D eigenvalue weighted by atomic mass is 10.1. The van der Waals surface area contributed by atoms with Crippen LogP contribution in [0.3, 0.4) is 0 Å². The fourth-order valence-corrected chi connectivity index (χ4v) is 4.00. The molecule has 3 aromatic rings. The predicted molar refractivity (Wildman–Crippen MR) is 121 cm³/mol. The minimum Gasteiger partial charge on any atom is -0.361 e. The molecule has 174 valence electrons. The largest absolute Gasteiger partial charge is 0.361 e. The molecule has 2 heterocycles. The molecule has 0 fully saturated rings. The van der Waals surface area contributed by atoms with Crippen molar-refractivity contribution in [1.29, 1.82) is 0 Å². The van der Waals surface area contributed by atoms with Crippen molar-refractivity contribution in [2.45, 2.75) is 25.8 Å². The van der Waals surface area contributed by atoms with Gasteiger partial charge in [-0.15, -0.1) is 0 Å². The highest BCUT2D eigenvalue weighted by atomic mass is 16.6. The van der Waals surface area contributed by atoms with E-state index in [0.717, 1.165) is 16.2 Å². The maximum absolute atomic E-state index is 12.9. The maximum atomic E-state index is 12.9. The number of likely N-dealkylation sites (N-methyl/N-ethyl adjacent to an activating group) is 1. The molecular formula is C24H22N4O6. The first-order chi connectivity index (χ1) is 16.3. The lowest BCUT2D eigenvalue weighted by molar-refractivity contribution is -0.385. The van der Waals surface area contributed by atoms with E-state index < -0.39 is 34.4 Å². The molecule has 34 heavy (non-hydrogen) atoms. The molecule has 10 heteroatoms. The van der Waals surface area contributed by atoms with E-state index in [0.29, 0.717) is 25.1 Å². The summed E-state index contributed by atoms with van der Waals surface area (Å²) in [5.41, 5.74) is 0.877. The molecular weight excluding hydrogens is 440 g/mol. The topological polar surface area (TPSA) is 127 Å². The Bertz CT molecular complexity index is 1270. The first kappa shape index (κ1) is 22.8. The van der Waals surface area contributed by atoms with Gasteiger partial charge in [-0.05, 0) is 19.4 Å². The first-order valence-corrected chi connectivity index (χ1v) is 10.7. The van der Waals surface area contributed by atoms with Crippen LogP contribution in [0.4, 0.5) is 5.69 Å². The zero-order chi connectivity index (χ0) is 24.4. The Morgan fingerprint density at radius 1 is 1.15 bits per heavy atom. The van der Waals surface area contributed by atoms with Gasteiger partial charge in [0.2, 0.25) is 5.91 Å². The Morgan fingerprint density at radius 2 is 1.88 bits per heavy atom. The Morgan fingerprint density at radius 3 is 2.59 bits per heavy atom. The Kier molecular flexibility index (Phi) is 6.22. The van der Waals surface area contributed by atoms with E-state index in [1.54, 1.807) is 7.05 Å². The fourth-order valence-electron chi connectivity index (χ4n) is 4.00. The second-order valence-corrected chi connectivity index (χ2v) is 8.02. The second kappa shape index (κ2) is 9.26. The number of imide groups is 1. The van der Waals surface area contributed by atoms with Crippen molar-refractivity contribution in [3.63, 3.8) is 0 Å². The van der Waals surface area contributed by atoms with Gasteiger partial charge in [-0.1, -0.05) is 41.6 Å². The van der Waals surface area contributed by atoms with Gasteiger partial charge in [0.25, 0.3) is 17.5 Å². The molecule has 0 radical (unpaired) electrons. The summed E-state index contributed by atoms with van der Waals surface area (Å²) < 4.78 is 5.38. The lowest BCUT2D eigenvalue weighted by Crippen LogP contribution is -2.48. The molecule has 0 saturated heterocycles. The van der Waals surface area contributed by atoms with E-state index in [1.165, 1.54) is 30.0 Å². The number of hydrogen-bond donors (Lipinski definition) is 0. The number of amides is 3. The standard InChI is InChI=1S/C24H22N4O6/c1-15(27-23(30)18-11-6-12-20(28(32)33)21(18)24(27)31)22(29)26(2)13-7-10-17-14-19(25-34-17)16-8-4-3-5-9-16/h3-6,8-9,11-12,14-15H,7,10,13H2,1-2H3. The number of carbonyl (C=O) groups excluding carboxylic acids is 3. The lowest BCUT2D eigenvalue weighted by Gasteiger charge is -2.26. The zero-order valence-electron chi connectivity index (χ0n) is 18.6. The van der Waals surface area contributed by atoms with Crippen LogP contribution in [0.1, 0.15) is 39.8 Å². The van der Waals surface area contributed by atoms with Crippen LogP contribution in [0.25, 0.3) is 11.3 Å². The molecule has 0 saturated carbocycles. The number of carbonyl (C=O) groups is 3. The quantitative estimate of drug-likeness (QED) is 0.285. The van der Waals surface area contributed by atoms with Crippen LogP contribution in [0.5, 0.6) is 0 Å². The fraction of sp³-hybridized carbons (Fsp3) is 0.250. The van der Waals surface area contributed by atoms with Crippen LogP contribution in [0.2, 0.25) is 0 Å². The van der Waals surface area contributed by atoms with Crippen LogP contribution in [0.15, 0.2) is 59.1 Å². The van der Waals surface area contributed by atoms with E-state index in [-0.39, 0.29) is 11.1 Å². The van der Waals surface area contributed by atoms with Crippen molar-refractivity contribution < 1.29 is 23.8 Å². The Labute approximate surface area is 194 Å². The number of rotatable bonds is 8. The average Bonchev–Trinajstić information content (AvgIpc) is 3.41. The van der Waals surface area contributed by atoms with Gasteiger partial charge in [0.05, 0.1) is 10.5 Å². The van der Waals surface area contributed by atoms with Gasteiger partial charge in [-0.25, -0.2) is 0 Å². The van der Waals surface area contributed by atoms with Crippen molar-refractivity contribution >= 4 is 23.4 Å².